The molecule has 0 saturated carbocycles. The number of benzene rings is 3. The van der Waals surface area contributed by atoms with Crippen molar-refractivity contribution in [3.63, 3.8) is 0 Å². The first kappa shape index (κ1) is 25.2. The van der Waals surface area contributed by atoms with Gasteiger partial charge in [-0.3, -0.25) is 14.7 Å². The number of nitrogens with zero attached hydrogens (tertiary/aromatic N) is 5. The Balaban J connectivity index is 0.00000108. The number of rotatable bonds is 5. The van der Waals surface area contributed by atoms with Crippen LogP contribution in [-0.2, 0) is 6.54 Å². The number of carbonyl (C=O) groups is 1. The highest BCUT2D eigenvalue weighted by molar-refractivity contribution is 7.67. The summed E-state index contributed by atoms with van der Waals surface area (Å²) in [5, 5.41) is 21.0. The summed E-state index contributed by atoms with van der Waals surface area (Å²) in [6.45, 7) is 1.81. The van der Waals surface area contributed by atoms with Crippen LogP contribution in [0.15, 0.2) is 94.9 Å². The molecule has 2 amide bonds. The lowest BCUT2D eigenvalue weighted by Gasteiger charge is -2.03. The number of nitro groups is 1. The zero-order valence-electron chi connectivity index (χ0n) is 18.6. The molecule has 3 aromatic carbocycles. The Morgan fingerprint density at radius 2 is 1.57 bits per heavy atom. The fourth-order valence-electron chi connectivity index (χ4n) is 2.83. The van der Waals surface area contributed by atoms with Gasteiger partial charge in [-0.1, -0.05) is 48.5 Å². The van der Waals surface area contributed by atoms with Gasteiger partial charge < -0.3 is 5.32 Å². The minimum absolute atomic E-state index is 0.000320. The lowest BCUT2D eigenvalue weighted by molar-refractivity contribution is -0.384. The summed E-state index contributed by atoms with van der Waals surface area (Å²) in [5.74, 6) is 0. The third kappa shape index (κ3) is 7.29. The number of aromatic nitrogens is 1. The quantitative estimate of drug-likeness (QED) is 0.231. The molecule has 0 saturated heterocycles. The van der Waals surface area contributed by atoms with Crippen LogP contribution in [-0.4, -0.2) is 15.5 Å². The van der Waals surface area contributed by atoms with Gasteiger partial charge in [-0.2, -0.15) is 10.3 Å². The highest BCUT2D eigenvalue weighted by Gasteiger charge is 2.08. The smallest absolute Gasteiger partial charge is 0.332 e. The van der Waals surface area contributed by atoms with Gasteiger partial charge in [0.15, 0.2) is 0 Å². The summed E-state index contributed by atoms with van der Waals surface area (Å²) in [4.78, 5) is 32.8. The molecule has 0 aliphatic heterocycles. The second kappa shape index (κ2) is 12.7. The number of para-hydroxylation sites is 1. The number of nitrogens with one attached hydrogen (secondary N) is 1. The van der Waals surface area contributed by atoms with E-state index in [9.17, 15) is 14.9 Å². The Hall–Kier alpha value is -4.40. The third-order valence-corrected chi connectivity index (χ3v) is 6.43. The molecule has 0 spiro atoms. The number of nitriles is 1. The average Bonchev–Trinajstić information content (AvgIpc) is 3.26. The van der Waals surface area contributed by atoms with Crippen LogP contribution in [0.2, 0.25) is 0 Å². The van der Waals surface area contributed by atoms with Crippen LogP contribution >= 0.6 is 20.7 Å². The van der Waals surface area contributed by atoms with Crippen molar-refractivity contribution in [2.24, 2.45) is 9.98 Å². The number of amides is 2. The number of urea groups is 1. The zero-order valence-corrected chi connectivity index (χ0v) is 20.2. The first-order valence-corrected chi connectivity index (χ1v) is 12.4. The number of nitro benzene ring substituents is 1. The number of carbonyl (C=O) groups excluding carboxylic acids is 1. The normalized spacial score (nSPS) is 11.2. The summed E-state index contributed by atoms with van der Waals surface area (Å²) < 4.78 is 1.79. The van der Waals surface area contributed by atoms with Gasteiger partial charge in [0.05, 0.1) is 22.4 Å². The van der Waals surface area contributed by atoms with Crippen LogP contribution in [0.3, 0.4) is 0 Å². The van der Waals surface area contributed by atoms with E-state index in [1.807, 2.05) is 60.7 Å². The molecule has 0 bridgehead atoms. The van der Waals surface area contributed by atoms with Crippen molar-refractivity contribution in [1.29, 1.82) is 5.26 Å². The van der Waals surface area contributed by atoms with Gasteiger partial charge in [0.2, 0.25) is 9.60 Å². The van der Waals surface area contributed by atoms with E-state index in [1.54, 1.807) is 22.8 Å². The first-order chi connectivity index (χ1) is 17.0. The SMILES string of the molecule is CC#N.O=C(/N=c1\ssc(=Nc2ccc([N+](=O)[O-])cc2)n1-c1ccccc1)NCc1ccccc1. The van der Waals surface area contributed by atoms with Crippen molar-refractivity contribution < 1.29 is 9.72 Å². The molecule has 0 unspecified atom stereocenters. The molecule has 1 heterocycles. The van der Waals surface area contributed by atoms with Crippen LogP contribution in [0.5, 0.6) is 0 Å². The molecule has 11 heteroatoms. The van der Waals surface area contributed by atoms with E-state index in [0.29, 0.717) is 21.8 Å². The van der Waals surface area contributed by atoms with E-state index >= 15 is 0 Å². The largest absolute Gasteiger partial charge is 0.343 e. The molecule has 0 aliphatic carbocycles. The molecule has 1 N–H and O–H groups in total. The molecule has 4 aromatic rings. The van der Waals surface area contributed by atoms with Gasteiger partial charge in [-0.15, -0.1) is 0 Å². The fourth-order valence-corrected chi connectivity index (χ4v) is 4.95. The maximum Gasteiger partial charge on any atom is 0.343 e. The first-order valence-electron chi connectivity index (χ1n) is 10.3. The number of non-ortho nitro benzene ring substituents is 1. The monoisotopic (exact) mass is 504 g/mol. The number of hydrogen-bond donors (Lipinski definition) is 1. The predicted octanol–water partition coefficient (Wildman–Crippen LogP) is 5.08. The van der Waals surface area contributed by atoms with Crippen molar-refractivity contribution in [1.82, 2.24) is 9.88 Å². The van der Waals surface area contributed by atoms with E-state index in [0.717, 1.165) is 11.3 Å². The van der Waals surface area contributed by atoms with E-state index in [-0.39, 0.29) is 5.69 Å². The van der Waals surface area contributed by atoms with E-state index in [4.69, 9.17) is 5.26 Å². The Morgan fingerprint density at radius 3 is 2.17 bits per heavy atom. The average molecular weight is 505 g/mol. The van der Waals surface area contributed by atoms with Gasteiger partial charge in [0.1, 0.15) is 0 Å². The Labute approximate surface area is 208 Å². The highest BCUT2D eigenvalue weighted by atomic mass is 32.9. The van der Waals surface area contributed by atoms with E-state index in [1.165, 1.54) is 39.7 Å². The standard InChI is InChI=1S/C22H17N5O3S2.C2H3N/c28-20(23-15-16-7-3-1-4-8-16)25-22-26(18-9-5-2-6-10-18)21(31-32-22)24-17-11-13-19(14-12-17)27(29)30;1-2-3/h1-14H,15H2,(H,23,28);1H3/b24-21?,25-22-;. The maximum absolute atomic E-state index is 12.5. The lowest BCUT2D eigenvalue weighted by Crippen LogP contribution is -2.28. The minimum atomic E-state index is -0.452. The molecular formula is C24H20N6O3S2. The second-order valence-electron chi connectivity index (χ2n) is 6.77. The molecule has 35 heavy (non-hydrogen) atoms. The fraction of sp³-hybridized carbons (Fsp3) is 0.0833. The second-order valence-corrected chi connectivity index (χ2v) is 8.83. The molecule has 0 aliphatic rings. The van der Waals surface area contributed by atoms with Gasteiger partial charge in [-0.05, 0) is 50.5 Å². The zero-order chi connectivity index (χ0) is 25.0. The van der Waals surface area contributed by atoms with Crippen LogP contribution in [0.4, 0.5) is 16.2 Å². The molecule has 176 valence electrons. The van der Waals surface area contributed by atoms with Crippen LogP contribution < -0.4 is 14.9 Å². The third-order valence-electron chi connectivity index (χ3n) is 4.36. The summed E-state index contributed by atoms with van der Waals surface area (Å²) in [6.07, 6.45) is 0. The van der Waals surface area contributed by atoms with Gasteiger partial charge in [0.25, 0.3) is 5.69 Å². The molecule has 0 atom stereocenters. The van der Waals surface area contributed by atoms with Crippen LogP contribution in [0, 0.1) is 21.4 Å². The lowest BCUT2D eigenvalue weighted by atomic mass is 10.2. The Bertz CT molecular complexity index is 1450. The van der Waals surface area contributed by atoms with Crippen LogP contribution in [0.25, 0.3) is 5.69 Å². The summed E-state index contributed by atoms with van der Waals surface area (Å²) in [6, 6.07) is 26.4. The summed E-state index contributed by atoms with van der Waals surface area (Å²) >= 11 is 0. The Morgan fingerprint density at radius 1 is 1.00 bits per heavy atom. The van der Waals surface area contributed by atoms with Crippen molar-refractivity contribution in [3.8, 4) is 11.8 Å². The minimum Gasteiger partial charge on any atom is -0.332 e. The van der Waals surface area contributed by atoms with Gasteiger partial charge >= 0.3 is 6.03 Å². The maximum atomic E-state index is 12.5. The van der Waals surface area contributed by atoms with E-state index < -0.39 is 11.0 Å². The van der Waals surface area contributed by atoms with Crippen molar-refractivity contribution in [2.75, 3.05) is 0 Å². The molecule has 0 radical (unpaired) electrons. The summed E-state index contributed by atoms with van der Waals surface area (Å²) in [7, 11) is 2.69. The molecule has 0 fully saturated rings. The van der Waals surface area contributed by atoms with Gasteiger partial charge in [-0.25, -0.2) is 9.79 Å². The van der Waals surface area contributed by atoms with Crippen molar-refractivity contribution in [2.45, 2.75) is 13.5 Å². The van der Waals surface area contributed by atoms with E-state index in [2.05, 4.69) is 15.3 Å². The predicted molar refractivity (Wildman–Crippen MR) is 135 cm³/mol. The van der Waals surface area contributed by atoms with Crippen molar-refractivity contribution >= 4 is 38.1 Å². The Kier molecular flexibility index (Phi) is 9.18. The molecule has 4 rings (SSSR count). The molecular weight excluding hydrogens is 484 g/mol. The highest BCUT2D eigenvalue weighted by Crippen LogP contribution is 2.18. The topological polar surface area (TPSA) is 126 Å². The summed E-state index contributed by atoms with van der Waals surface area (Å²) in [5.41, 5.74) is 2.35. The molecule has 1 aromatic heterocycles. The number of hydrogen-bond acceptors (Lipinski definition) is 7. The molecule has 9 nitrogen and oxygen atoms in total. The van der Waals surface area contributed by atoms with Crippen molar-refractivity contribution in [3.05, 3.63) is 110 Å². The van der Waals surface area contributed by atoms with Crippen LogP contribution in [0.1, 0.15) is 12.5 Å². The van der Waals surface area contributed by atoms with Gasteiger partial charge in [0, 0.05) is 25.6 Å².